The number of benzene rings is 1. The molecule has 0 aliphatic rings. The van der Waals surface area contributed by atoms with Crippen LogP contribution < -0.4 is 11.5 Å². The third kappa shape index (κ3) is 1.70. The summed E-state index contributed by atoms with van der Waals surface area (Å²) in [7, 11) is 0. The maximum absolute atomic E-state index is 7.35. The molecule has 1 rings (SSSR count). The van der Waals surface area contributed by atoms with Crippen molar-refractivity contribution in [3.63, 3.8) is 0 Å². The molecule has 13 heavy (non-hydrogen) atoms. The summed E-state index contributed by atoms with van der Waals surface area (Å²) < 4.78 is 0. The topological polar surface area (TPSA) is 75.9 Å². The summed E-state index contributed by atoms with van der Waals surface area (Å²) in [6.45, 7) is 4.50. The van der Waals surface area contributed by atoms with E-state index in [9.17, 15) is 0 Å². The average molecular weight is 177 g/mol. The van der Waals surface area contributed by atoms with Gasteiger partial charge in [-0.3, -0.25) is 5.41 Å². The minimum atomic E-state index is 0.115. The average Bonchev–Trinajstić information content (AvgIpc) is 2.09. The monoisotopic (exact) mass is 177 g/mol. The third-order valence-electron chi connectivity index (χ3n) is 2.41. The normalized spacial score (nSPS) is 10.1. The summed E-state index contributed by atoms with van der Waals surface area (Å²) in [4.78, 5) is 0. The van der Waals surface area contributed by atoms with Gasteiger partial charge in [-0.15, -0.1) is 0 Å². The smallest absolute Gasteiger partial charge is 0.123 e. The zero-order valence-corrected chi connectivity index (χ0v) is 8.02. The summed E-state index contributed by atoms with van der Waals surface area (Å²) in [5, 5.41) is 7.35. The Morgan fingerprint density at radius 3 is 2.38 bits per heavy atom. The zero-order valence-electron chi connectivity index (χ0n) is 8.02. The second-order valence-corrected chi connectivity index (χ2v) is 3.14. The number of nitrogens with two attached hydrogens (primary N) is 2. The summed E-state index contributed by atoms with van der Waals surface area (Å²) in [5.41, 5.74) is 15.1. The van der Waals surface area contributed by atoms with Crippen molar-refractivity contribution in [2.75, 3.05) is 0 Å². The largest absolute Gasteiger partial charge is 0.384 e. The first-order valence-electron chi connectivity index (χ1n) is 4.21. The zero-order chi connectivity index (χ0) is 10.0. The van der Waals surface area contributed by atoms with Gasteiger partial charge in [-0.05, 0) is 30.5 Å². The van der Waals surface area contributed by atoms with Crippen molar-refractivity contribution in [1.29, 1.82) is 5.41 Å². The molecule has 0 amide bonds. The molecule has 0 fully saturated rings. The molecule has 0 aliphatic carbocycles. The molecule has 0 aliphatic heterocycles. The van der Waals surface area contributed by atoms with E-state index in [1.165, 1.54) is 0 Å². The Morgan fingerprint density at radius 1 is 1.31 bits per heavy atom. The second kappa shape index (κ2) is 3.58. The van der Waals surface area contributed by atoms with Crippen LogP contribution >= 0.6 is 0 Å². The van der Waals surface area contributed by atoms with E-state index in [2.05, 4.69) is 0 Å². The minimum Gasteiger partial charge on any atom is -0.384 e. The van der Waals surface area contributed by atoms with E-state index in [1.54, 1.807) is 0 Å². The van der Waals surface area contributed by atoms with Crippen molar-refractivity contribution in [3.05, 3.63) is 34.4 Å². The van der Waals surface area contributed by atoms with E-state index in [4.69, 9.17) is 16.9 Å². The predicted octanol–water partition coefficient (Wildman–Crippen LogP) is 1.05. The first-order valence-corrected chi connectivity index (χ1v) is 4.21. The molecule has 0 saturated carbocycles. The number of hydrogen-bond donors (Lipinski definition) is 3. The van der Waals surface area contributed by atoms with Gasteiger partial charge in [0.1, 0.15) is 5.84 Å². The minimum absolute atomic E-state index is 0.115. The lowest BCUT2D eigenvalue weighted by atomic mass is 9.97. The molecule has 0 saturated heterocycles. The van der Waals surface area contributed by atoms with Crippen LogP contribution in [0.4, 0.5) is 0 Å². The van der Waals surface area contributed by atoms with Crippen molar-refractivity contribution < 1.29 is 0 Å². The van der Waals surface area contributed by atoms with Crippen LogP contribution in [0.5, 0.6) is 0 Å². The number of rotatable bonds is 2. The highest BCUT2D eigenvalue weighted by Gasteiger charge is 2.06. The molecule has 5 N–H and O–H groups in total. The molecule has 0 radical (unpaired) electrons. The maximum atomic E-state index is 7.35. The third-order valence-corrected chi connectivity index (χ3v) is 2.41. The molecular formula is C10H15N3. The number of nitrogens with one attached hydrogen (secondary N) is 1. The van der Waals surface area contributed by atoms with Gasteiger partial charge >= 0.3 is 0 Å². The van der Waals surface area contributed by atoms with Crippen LogP contribution in [-0.2, 0) is 6.54 Å². The van der Waals surface area contributed by atoms with Crippen LogP contribution in [0.15, 0.2) is 12.1 Å². The lowest BCUT2D eigenvalue weighted by molar-refractivity contribution is 1.04. The van der Waals surface area contributed by atoms with Crippen molar-refractivity contribution >= 4 is 5.84 Å². The summed E-state index contributed by atoms with van der Waals surface area (Å²) >= 11 is 0. The molecule has 1 aromatic carbocycles. The standard InChI is InChI=1S/C10H15N3/c1-6-7(2)9(10(12)13)4-3-8(6)5-11/h3-4H,5,11H2,1-2H3,(H3,12,13). The first-order chi connectivity index (χ1) is 6.07. The van der Waals surface area contributed by atoms with Gasteiger partial charge in [0, 0.05) is 12.1 Å². The lowest BCUT2D eigenvalue weighted by Gasteiger charge is -2.10. The van der Waals surface area contributed by atoms with E-state index in [-0.39, 0.29) is 5.84 Å². The van der Waals surface area contributed by atoms with Gasteiger partial charge in [0.05, 0.1) is 0 Å². The summed E-state index contributed by atoms with van der Waals surface area (Å²) in [6.07, 6.45) is 0. The molecule has 70 valence electrons. The summed E-state index contributed by atoms with van der Waals surface area (Å²) in [5.74, 6) is 0.115. The van der Waals surface area contributed by atoms with Crippen LogP contribution in [0.3, 0.4) is 0 Å². The van der Waals surface area contributed by atoms with Crippen LogP contribution in [0.25, 0.3) is 0 Å². The Morgan fingerprint density at radius 2 is 1.92 bits per heavy atom. The fourth-order valence-electron chi connectivity index (χ4n) is 1.39. The van der Waals surface area contributed by atoms with E-state index in [0.717, 1.165) is 22.3 Å². The van der Waals surface area contributed by atoms with Gasteiger partial charge in [0.15, 0.2) is 0 Å². The van der Waals surface area contributed by atoms with Gasteiger partial charge in [-0.1, -0.05) is 12.1 Å². The molecule has 1 aromatic rings. The number of nitrogen functional groups attached to an aromatic ring is 1. The Bertz CT molecular complexity index is 342. The Labute approximate surface area is 78.3 Å². The van der Waals surface area contributed by atoms with E-state index < -0.39 is 0 Å². The van der Waals surface area contributed by atoms with Gasteiger partial charge in [-0.25, -0.2) is 0 Å². The highest BCUT2D eigenvalue weighted by molar-refractivity contribution is 5.96. The predicted molar refractivity (Wildman–Crippen MR) is 54.8 cm³/mol. The van der Waals surface area contributed by atoms with E-state index in [1.807, 2.05) is 26.0 Å². The molecule has 0 atom stereocenters. The van der Waals surface area contributed by atoms with Crippen molar-refractivity contribution in [2.45, 2.75) is 20.4 Å². The molecule has 3 heteroatoms. The number of amidine groups is 1. The maximum Gasteiger partial charge on any atom is 0.123 e. The van der Waals surface area contributed by atoms with Crippen LogP contribution in [0.1, 0.15) is 22.3 Å². The Kier molecular flexibility index (Phi) is 2.68. The number of hydrogen-bond acceptors (Lipinski definition) is 2. The van der Waals surface area contributed by atoms with Gasteiger partial charge in [0.25, 0.3) is 0 Å². The Hall–Kier alpha value is -1.35. The molecular weight excluding hydrogens is 162 g/mol. The highest BCUT2D eigenvalue weighted by atomic mass is 14.7. The van der Waals surface area contributed by atoms with Gasteiger partial charge in [0.2, 0.25) is 0 Å². The molecule has 0 heterocycles. The molecule has 0 bridgehead atoms. The van der Waals surface area contributed by atoms with E-state index in [0.29, 0.717) is 6.54 Å². The fraction of sp³-hybridized carbons (Fsp3) is 0.300. The van der Waals surface area contributed by atoms with Crippen LogP contribution in [0, 0.1) is 19.3 Å². The summed E-state index contributed by atoms with van der Waals surface area (Å²) in [6, 6.07) is 3.78. The first kappa shape index (κ1) is 9.74. The van der Waals surface area contributed by atoms with Crippen LogP contribution in [0.2, 0.25) is 0 Å². The molecule has 0 unspecified atom stereocenters. The fourth-order valence-corrected chi connectivity index (χ4v) is 1.39. The van der Waals surface area contributed by atoms with Crippen molar-refractivity contribution in [2.24, 2.45) is 11.5 Å². The molecule has 0 aromatic heterocycles. The van der Waals surface area contributed by atoms with Crippen molar-refractivity contribution in [1.82, 2.24) is 0 Å². The van der Waals surface area contributed by atoms with Crippen molar-refractivity contribution in [3.8, 4) is 0 Å². The van der Waals surface area contributed by atoms with Crippen LogP contribution in [-0.4, -0.2) is 5.84 Å². The van der Waals surface area contributed by atoms with E-state index >= 15 is 0 Å². The molecule has 0 spiro atoms. The van der Waals surface area contributed by atoms with Gasteiger partial charge < -0.3 is 11.5 Å². The van der Waals surface area contributed by atoms with Gasteiger partial charge in [-0.2, -0.15) is 0 Å². The quantitative estimate of drug-likeness (QED) is 0.466. The molecule has 3 nitrogen and oxygen atoms in total. The second-order valence-electron chi connectivity index (χ2n) is 3.14. The highest BCUT2D eigenvalue weighted by Crippen LogP contribution is 2.16. The SMILES string of the molecule is Cc1c(CN)ccc(C(=N)N)c1C. The Balaban J connectivity index is 3.31. The lowest BCUT2D eigenvalue weighted by Crippen LogP contribution is -2.14.